The molecule has 0 amide bonds. The van der Waals surface area contributed by atoms with Crippen molar-refractivity contribution in [1.29, 1.82) is 4.78 Å². The van der Waals surface area contributed by atoms with Crippen LogP contribution in [0.15, 0.2) is 35.2 Å². The zero-order valence-corrected chi connectivity index (χ0v) is 7.15. The number of halogens is 3. The molecule has 13 heavy (non-hydrogen) atoms. The van der Waals surface area contributed by atoms with Crippen LogP contribution in [0.4, 0.5) is 13.2 Å². The van der Waals surface area contributed by atoms with Gasteiger partial charge in [0.25, 0.3) is 0 Å². The maximum atomic E-state index is 12.1. The Morgan fingerprint density at radius 1 is 1.15 bits per heavy atom. The fourth-order valence-corrected chi connectivity index (χ4v) is 1.55. The smallest absolute Gasteiger partial charge is 0.241 e. The van der Waals surface area contributed by atoms with Gasteiger partial charge in [-0.25, -0.2) is 8.99 Å². The van der Waals surface area contributed by atoms with Gasteiger partial charge in [-0.05, 0) is 12.1 Å². The molecule has 0 aliphatic rings. The molecule has 1 rings (SSSR count). The molecule has 0 aromatic heterocycles. The van der Waals surface area contributed by atoms with Gasteiger partial charge in [-0.15, -0.1) is 0 Å². The van der Waals surface area contributed by atoms with Gasteiger partial charge < -0.3 is 0 Å². The topological polar surface area (TPSA) is 40.9 Å². The molecule has 0 heterocycles. The Morgan fingerprint density at radius 2 is 1.62 bits per heavy atom. The first kappa shape index (κ1) is 10.0. The summed E-state index contributed by atoms with van der Waals surface area (Å²) in [7, 11) is -4.68. The van der Waals surface area contributed by atoms with Gasteiger partial charge in [-0.1, -0.05) is 18.2 Å². The Morgan fingerprint density at radius 3 is 2.00 bits per heavy atom. The highest BCUT2D eigenvalue weighted by Crippen LogP contribution is 2.30. The Balaban J connectivity index is 3.26. The molecular weight excluding hydrogens is 203 g/mol. The van der Waals surface area contributed by atoms with Crippen LogP contribution < -0.4 is 0 Å². The molecule has 72 valence electrons. The number of hydrogen-bond acceptors (Lipinski definition) is 2. The SMILES string of the molecule is N=S(=O)(c1ccccc1)C(F)(F)F. The Bertz CT molecular complexity index is 382. The Labute approximate surface area is 73.4 Å². The highest BCUT2D eigenvalue weighted by Gasteiger charge is 2.42. The summed E-state index contributed by atoms with van der Waals surface area (Å²) in [5, 5.41) is 0. The van der Waals surface area contributed by atoms with Crippen LogP contribution in [-0.4, -0.2) is 9.72 Å². The maximum Gasteiger partial charge on any atom is 0.483 e. The van der Waals surface area contributed by atoms with Gasteiger partial charge in [0.05, 0.1) is 4.90 Å². The first-order chi connectivity index (χ1) is 5.86. The van der Waals surface area contributed by atoms with E-state index in [1.165, 1.54) is 18.2 Å². The molecule has 0 spiro atoms. The number of rotatable bonds is 1. The summed E-state index contributed by atoms with van der Waals surface area (Å²) in [6.07, 6.45) is 0. The summed E-state index contributed by atoms with van der Waals surface area (Å²) in [6.45, 7) is 0. The van der Waals surface area contributed by atoms with Crippen molar-refractivity contribution in [2.24, 2.45) is 0 Å². The molecule has 6 heteroatoms. The van der Waals surface area contributed by atoms with E-state index in [2.05, 4.69) is 0 Å². The predicted octanol–water partition coefficient (Wildman–Crippen LogP) is 2.61. The second kappa shape index (κ2) is 3.02. The van der Waals surface area contributed by atoms with E-state index in [1.807, 2.05) is 0 Å². The molecule has 0 bridgehead atoms. The minimum atomic E-state index is -5.01. The van der Waals surface area contributed by atoms with Crippen molar-refractivity contribution in [3.8, 4) is 0 Å². The second-order valence-corrected chi connectivity index (χ2v) is 4.36. The summed E-state index contributed by atoms with van der Waals surface area (Å²) in [5.41, 5.74) is -5.01. The average Bonchev–Trinajstić information content (AvgIpc) is 2.04. The molecule has 1 aromatic rings. The van der Waals surface area contributed by atoms with Crippen molar-refractivity contribution in [3.05, 3.63) is 30.3 Å². The van der Waals surface area contributed by atoms with Crippen LogP contribution in [0, 0.1) is 4.78 Å². The Hall–Kier alpha value is -1.04. The summed E-state index contributed by atoms with van der Waals surface area (Å²) < 4.78 is 53.8. The molecule has 1 N–H and O–H groups in total. The summed E-state index contributed by atoms with van der Waals surface area (Å²) in [5.74, 6) is 0. The van der Waals surface area contributed by atoms with Crippen molar-refractivity contribution in [3.63, 3.8) is 0 Å². The lowest BCUT2D eigenvalue weighted by atomic mass is 10.4. The molecule has 0 aliphatic carbocycles. The van der Waals surface area contributed by atoms with Crippen molar-refractivity contribution < 1.29 is 17.4 Å². The van der Waals surface area contributed by atoms with Crippen molar-refractivity contribution in [2.45, 2.75) is 10.4 Å². The molecule has 1 atom stereocenters. The van der Waals surface area contributed by atoms with Crippen LogP contribution in [0.3, 0.4) is 0 Å². The van der Waals surface area contributed by atoms with Crippen LogP contribution >= 0.6 is 0 Å². The third-order valence-electron chi connectivity index (χ3n) is 1.40. The molecule has 0 aliphatic heterocycles. The summed E-state index contributed by atoms with van der Waals surface area (Å²) >= 11 is 0. The van der Waals surface area contributed by atoms with Gasteiger partial charge in [0.1, 0.15) is 0 Å². The third kappa shape index (κ3) is 1.82. The molecule has 0 saturated carbocycles. The van der Waals surface area contributed by atoms with Crippen LogP contribution in [0.25, 0.3) is 0 Å². The van der Waals surface area contributed by atoms with Gasteiger partial charge in [-0.2, -0.15) is 13.2 Å². The maximum absolute atomic E-state index is 12.1. The molecule has 2 nitrogen and oxygen atoms in total. The van der Waals surface area contributed by atoms with E-state index in [0.717, 1.165) is 12.1 Å². The summed E-state index contributed by atoms with van der Waals surface area (Å²) in [4.78, 5) is -0.512. The van der Waals surface area contributed by atoms with Gasteiger partial charge in [0.15, 0.2) is 9.73 Å². The first-order valence-corrected chi connectivity index (χ1v) is 4.81. The van der Waals surface area contributed by atoms with Gasteiger partial charge in [0, 0.05) is 0 Å². The molecule has 1 unspecified atom stereocenters. The van der Waals surface area contributed by atoms with E-state index in [0.29, 0.717) is 0 Å². The molecule has 0 saturated heterocycles. The van der Waals surface area contributed by atoms with Crippen LogP contribution in [0.1, 0.15) is 0 Å². The minimum Gasteiger partial charge on any atom is -0.241 e. The van der Waals surface area contributed by atoms with Crippen LogP contribution in [0.2, 0.25) is 0 Å². The Kier molecular flexibility index (Phi) is 2.34. The fraction of sp³-hybridized carbons (Fsp3) is 0.143. The zero-order chi connectivity index (χ0) is 10.1. The monoisotopic (exact) mass is 209 g/mol. The third-order valence-corrected chi connectivity index (χ3v) is 2.99. The van der Waals surface area contributed by atoms with Crippen LogP contribution in [0.5, 0.6) is 0 Å². The normalized spacial score (nSPS) is 16.5. The average molecular weight is 209 g/mol. The van der Waals surface area contributed by atoms with Crippen LogP contribution in [-0.2, 0) is 9.73 Å². The molecule has 0 radical (unpaired) electrons. The zero-order valence-electron chi connectivity index (χ0n) is 6.34. The lowest BCUT2D eigenvalue weighted by Gasteiger charge is -2.10. The van der Waals surface area contributed by atoms with Gasteiger partial charge in [0.2, 0.25) is 0 Å². The quantitative estimate of drug-likeness (QED) is 0.758. The largest absolute Gasteiger partial charge is 0.483 e. The van der Waals surface area contributed by atoms with Gasteiger partial charge in [-0.3, -0.25) is 0 Å². The molecule has 0 fully saturated rings. The summed E-state index contributed by atoms with van der Waals surface area (Å²) in [6, 6.07) is 6.19. The van der Waals surface area contributed by atoms with E-state index in [9.17, 15) is 17.4 Å². The predicted molar refractivity (Wildman–Crippen MR) is 41.6 cm³/mol. The van der Waals surface area contributed by atoms with Crippen molar-refractivity contribution in [2.75, 3.05) is 0 Å². The second-order valence-electron chi connectivity index (χ2n) is 2.31. The van der Waals surface area contributed by atoms with Gasteiger partial charge >= 0.3 is 5.51 Å². The molecular formula is C7H6F3NOS. The van der Waals surface area contributed by atoms with Crippen molar-refractivity contribution >= 4 is 9.73 Å². The number of alkyl halides is 3. The number of nitrogens with one attached hydrogen (secondary N) is 1. The highest BCUT2D eigenvalue weighted by atomic mass is 32.2. The fourth-order valence-electron chi connectivity index (χ4n) is 0.746. The number of benzene rings is 1. The first-order valence-electron chi connectivity index (χ1n) is 3.26. The van der Waals surface area contributed by atoms with E-state index < -0.39 is 20.1 Å². The van der Waals surface area contributed by atoms with E-state index in [-0.39, 0.29) is 0 Å². The number of hydrogen-bond donors (Lipinski definition) is 1. The van der Waals surface area contributed by atoms with Crippen molar-refractivity contribution in [1.82, 2.24) is 0 Å². The van der Waals surface area contributed by atoms with E-state index >= 15 is 0 Å². The van der Waals surface area contributed by atoms with E-state index in [1.54, 1.807) is 0 Å². The lowest BCUT2D eigenvalue weighted by molar-refractivity contribution is -0.0406. The lowest BCUT2D eigenvalue weighted by Crippen LogP contribution is -2.21. The minimum absolute atomic E-state index is 0.512. The standard InChI is InChI=1S/C7H6F3NOS/c8-7(9,10)13(11,12)6-4-2-1-3-5-6/h1-5,11H. The highest BCUT2D eigenvalue weighted by molar-refractivity contribution is 7.93. The van der Waals surface area contributed by atoms with E-state index in [4.69, 9.17) is 4.78 Å². The molecule has 1 aromatic carbocycles.